The van der Waals surface area contributed by atoms with Crippen LogP contribution in [0.3, 0.4) is 0 Å². The van der Waals surface area contributed by atoms with E-state index in [4.69, 9.17) is 4.74 Å². The van der Waals surface area contributed by atoms with Crippen molar-refractivity contribution in [3.8, 4) is 17.6 Å². The molecule has 0 aliphatic carbocycles. The Morgan fingerprint density at radius 3 is 2.35 bits per heavy atom. The molecule has 160 valence electrons. The summed E-state index contributed by atoms with van der Waals surface area (Å²) in [6.45, 7) is 12.4. The molecule has 1 amide bonds. The summed E-state index contributed by atoms with van der Waals surface area (Å²) in [5.41, 5.74) is 5.60. The number of ether oxygens (including phenoxy) is 1. The third-order valence-electron chi connectivity index (χ3n) is 5.61. The van der Waals surface area contributed by atoms with Crippen molar-refractivity contribution < 1.29 is 9.53 Å². The fourth-order valence-electron chi connectivity index (χ4n) is 3.69. The molecular weight excluding hydrogens is 382 g/mol. The number of amides is 1. The zero-order valence-corrected chi connectivity index (χ0v) is 19.5. The molecule has 0 spiro atoms. The van der Waals surface area contributed by atoms with Crippen LogP contribution in [0.1, 0.15) is 56.9 Å². The highest BCUT2D eigenvalue weighted by atomic mass is 16.5. The second-order valence-electron chi connectivity index (χ2n) is 8.97. The first-order valence-corrected chi connectivity index (χ1v) is 10.6. The highest BCUT2D eigenvalue weighted by Gasteiger charge is 2.29. The first kappa shape index (κ1) is 22.4. The van der Waals surface area contributed by atoms with Crippen molar-refractivity contribution in [3.05, 3.63) is 82.6 Å². The summed E-state index contributed by atoms with van der Waals surface area (Å²) in [5, 5.41) is 0. The fraction of sp³-hybridized carbons (Fsp3) is 0.321. The number of rotatable bonds is 2. The van der Waals surface area contributed by atoms with E-state index in [1.807, 2.05) is 56.5 Å². The fourth-order valence-corrected chi connectivity index (χ4v) is 3.69. The monoisotopic (exact) mass is 413 g/mol. The number of carbonyl (C=O) groups is 1. The minimum atomic E-state index is -0.183. The molecule has 1 unspecified atom stereocenters. The van der Waals surface area contributed by atoms with Crippen molar-refractivity contribution in [2.24, 2.45) is 5.92 Å². The summed E-state index contributed by atoms with van der Waals surface area (Å²) in [6.07, 6.45) is 5.84. The van der Waals surface area contributed by atoms with Gasteiger partial charge in [0.25, 0.3) is 0 Å². The van der Waals surface area contributed by atoms with Gasteiger partial charge in [-0.1, -0.05) is 56.4 Å². The second-order valence-corrected chi connectivity index (χ2v) is 8.97. The standard InChI is InChI=1S/C28H31NO2/c1-8-22-15-16-29(27(30)20(22)3)24-17-23(14-13-21-11-9-19(2)10-12-21)26(31-7)25(18-24)28(4,5)6/h8-12,15-18,20H,1-7H3. The molecule has 0 N–H and O–H groups in total. The van der Waals surface area contributed by atoms with Crippen LogP contribution < -0.4 is 9.64 Å². The van der Waals surface area contributed by atoms with E-state index < -0.39 is 0 Å². The zero-order chi connectivity index (χ0) is 22.8. The van der Waals surface area contributed by atoms with E-state index in [0.717, 1.165) is 33.7 Å². The van der Waals surface area contributed by atoms with Gasteiger partial charge in [-0.25, -0.2) is 0 Å². The Balaban J connectivity index is 2.17. The SMILES string of the molecule is CC=C1C=CN(c2cc(C#Cc3ccc(C)cc3)c(OC)c(C(C)(C)C)c2)C(=O)C1C. The van der Waals surface area contributed by atoms with Gasteiger partial charge in [0, 0.05) is 17.3 Å². The molecule has 31 heavy (non-hydrogen) atoms. The van der Waals surface area contributed by atoms with Gasteiger partial charge in [0.2, 0.25) is 5.91 Å². The zero-order valence-electron chi connectivity index (χ0n) is 19.5. The maximum Gasteiger partial charge on any atom is 0.238 e. The first-order chi connectivity index (χ1) is 14.7. The lowest BCUT2D eigenvalue weighted by molar-refractivity contribution is -0.120. The Hall–Kier alpha value is -3.25. The second kappa shape index (κ2) is 8.86. The summed E-state index contributed by atoms with van der Waals surface area (Å²) in [7, 11) is 1.67. The number of anilines is 1. The van der Waals surface area contributed by atoms with Gasteiger partial charge in [0.1, 0.15) is 5.75 Å². The van der Waals surface area contributed by atoms with E-state index in [-0.39, 0.29) is 17.2 Å². The molecule has 0 aromatic heterocycles. The van der Waals surface area contributed by atoms with Gasteiger partial charge in [-0.05, 0) is 62.1 Å². The maximum absolute atomic E-state index is 13.1. The summed E-state index contributed by atoms with van der Waals surface area (Å²) in [5.74, 6) is 7.16. The van der Waals surface area contributed by atoms with Crippen LogP contribution in [-0.4, -0.2) is 13.0 Å². The van der Waals surface area contributed by atoms with Crippen LogP contribution in [0.25, 0.3) is 0 Å². The Bertz CT molecular complexity index is 1100. The van der Waals surface area contributed by atoms with Crippen LogP contribution in [0.2, 0.25) is 0 Å². The molecule has 1 heterocycles. The smallest absolute Gasteiger partial charge is 0.238 e. The summed E-state index contributed by atoms with van der Waals surface area (Å²) >= 11 is 0. The largest absolute Gasteiger partial charge is 0.495 e. The summed E-state index contributed by atoms with van der Waals surface area (Å²) in [4.78, 5) is 14.8. The predicted octanol–water partition coefficient (Wildman–Crippen LogP) is 6.14. The molecule has 1 aliphatic rings. The lowest BCUT2D eigenvalue weighted by atomic mass is 9.84. The van der Waals surface area contributed by atoms with Crippen molar-refractivity contribution in [3.63, 3.8) is 0 Å². The highest BCUT2D eigenvalue weighted by Crippen LogP contribution is 2.39. The minimum absolute atomic E-state index is 0.0538. The van der Waals surface area contributed by atoms with E-state index in [2.05, 4.69) is 51.7 Å². The normalized spacial score (nSPS) is 17.5. The van der Waals surface area contributed by atoms with Gasteiger partial charge < -0.3 is 4.74 Å². The Morgan fingerprint density at radius 2 is 1.77 bits per heavy atom. The highest BCUT2D eigenvalue weighted by molar-refractivity contribution is 6.00. The maximum atomic E-state index is 13.1. The number of methoxy groups -OCH3 is 1. The van der Waals surface area contributed by atoms with Crippen molar-refractivity contribution >= 4 is 11.6 Å². The molecule has 0 fully saturated rings. The van der Waals surface area contributed by atoms with Gasteiger partial charge in [-0.15, -0.1) is 0 Å². The lowest BCUT2D eigenvalue weighted by Crippen LogP contribution is -2.34. The number of carbonyl (C=O) groups excluding carboxylic acids is 1. The molecule has 1 aliphatic heterocycles. The number of hydrogen-bond donors (Lipinski definition) is 0. The summed E-state index contributed by atoms with van der Waals surface area (Å²) < 4.78 is 5.80. The van der Waals surface area contributed by atoms with E-state index in [1.54, 1.807) is 12.0 Å². The number of allylic oxidation sites excluding steroid dienone is 2. The first-order valence-electron chi connectivity index (χ1n) is 10.6. The Labute approximate surface area is 186 Å². The average Bonchev–Trinajstić information content (AvgIpc) is 2.74. The molecule has 0 saturated carbocycles. The van der Waals surface area contributed by atoms with E-state index in [9.17, 15) is 4.79 Å². The van der Waals surface area contributed by atoms with Crippen LogP contribution >= 0.6 is 0 Å². The van der Waals surface area contributed by atoms with Gasteiger partial charge in [-0.3, -0.25) is 9.69 Å². The molecule has 3 heteroatoms. The van der Waals surface area contributed by atoms with Crippen LogP contribution in [0.4, 0.5) is 5.69 Å². The van der Waals surface area contributed by atoms with Gasteiger partial charge in [0.05, 0.1) is 24.3 Å². The molecule has 0 radical (unpaired) electrons. The third kappa shape index (κ3) is 4.75. The Kier molecular flexibility index (Phi) is 6.41. The molecule has 2 aromatic rings. The molecule has 3 rings (SSSR count). The number of aryl methyl sites for hydroxylation is 1. The molecular formula is C28H31NO2. The van der Waals surface area contributed by atoms with Crippen LogP contribution in [-0.2, 0) is 10.2 Å². The molecule has 1 atom stereocenters. The van der Waals surface area contributed by atoms with Crippen molar-refractivity contribution in [2.75, 3.05) is 12.0 Å². The molecule has 3 nitrogen and oxygen atoms in total. The van der Waals surface area contributed by atoms with E-state index in [1.165, 1.54) is 5.56 Å². The summed E-state index contributed by atoms with van der Waals surface area (Å²) in [6, 6.07) is 12.1. The van der Waals surface area contributed by atoms with Crippen molar-refractivity contribution in [1.82, 2.24) is 0 Å². The van der Waals surface area contributed by atoms with E-state index in [0.29, 0.717) is 0 Å². The van der Waals surface area contributed by atoms with Crippen molar-refractivity contribution in [1.29, 1.82) is 0 Å². The van der Waals surface area contributed by atoms with Crippen LogP contribution in [0.5, 0.6) is 5.75 Å². The predicted molar refractivity (Wildman–Crippen MR) is 128 cm³/mol. The number of nitrogens with zero attached hydrogens (tertiary/aromatic N) is 1. The lowest BCUT2D eigenvalue weighted by Gasteiger charge is -2.30. The van der Waals surface area contributed by atoms with Crippen molar-refractivity contribution in [2.45, 2.75) is 47.0 Å². The van der Waals surface area contributed by atoms with Crippen LogP contribution in [0, 0.1) is 24.7 Å². The van der Waals surface area contributed by atoms with E-state index >= 15 is 0 Å². The van der Waals surface area contributed by atoms with Gasteiger partial charge in [-0.2, -0.15) is 0 Å². The number of hydrogen-bond acceptors (Lipinski definition) is 2. The molecule has 0 saturated heterocycles. The topological polar surface area (TPSA) is 29.5 Å². The average molecular weight is 414 g/mol. The van der Waals surface area contributed by atoms with Gasteiger partial charge >= 0.3 is 0 Å². The number of benzene rings is 2. The Morgan fingerprint density at radius 1 is 1.10 bits per heavy atom. The molecule has 2 aromatic carbocycles. The third-order valence-corrected chi connectivity index (χ3v) is 5.61. The molecule has 0 bridgehead atoms. The van der Waals surface area contributed by atoms with Crippen LogP contribution in [0.15, 0.2) is 60.3 Å². The quantitative estimate of drug-likeness (QED) is 0.553. The minimum Gasteiger partial charge on any atom is -0.495 e. The van der Waals surface area contributed by atoms with Gasteiger partial charge in [0.15, 0.2) is 0 Å².